The van der Waals surface area contributed by atoms with Crippen molar-refractivity contribution < 1.29 is 14.3 Å². The molecule has 0 saturated heterocycles. The van der Waals surface area contributed by atoms with E-state index < -0.39 is 0 Å². The van der Waals surface area contributed by atoms with Crippen molar-refractivity contribution >= 4 is 16.7 Å². The molecule has 30 heavy (non-hydrogen) atoms. The maximum absolute atomic E-state index is 13.3. The van der Waals surface area contributed by atoms with E-state index in [4.69, 9.17) is 9.47 Å². The number of nitrogens with zero attached hydrogens (tertiary/aromatic N) is 2. The van der Waals surface area contributed by atoms with E-state index in [0.717, 1.165) is 24.2 Å². The minimum Gasteiger partial charge on any atom is -0.491 e. The van der Waals surface area contributed by atoms with Crippen molar-refractivity contribution in [2.24, 2.45) is 0 Å². The number of amides is 1. The molecular formula is C23H25N3O4. The van der Waals surface area contributed by atoms with Gasteiger partial charge in [-0.3, -0.25) is 9.59 Å². The second-order valence-electron chi connectivity index (χ2n) is 7.37. The number of fused-ring (bicyclic) bond motifs is 2. The lowest BCUT2D eigenvalue weighted by molar-refractivity contribution is 0.0931. The standard InChI is InChI=1S/C23H25N3O4/c1-4-14(5-2)26-12-18(17-11-24-21(29-3)10-16(17)23(26)28)22(27)25-19-13-30-20-9-7-6-8-15(19)20/h6-12,14,19H,4-5,13H2,1-3H3,(H,25,27). The first-order chi connectivity index (χ1) is 14.6. The number of pyridine rings is 2. The Bertz CT molecular complexity index is 1150. The van der Waals surface area contributed by atoms with Crippen LogP contribution in [0.3, 0.4) is 0 Å². The molecular weight excluding hydrogens is 382 g/mol. The highest BCUT2D eigenvalue weighted by molar-refractivity contribution is 6.06. The normalized spacial score (nSPS) is 15.1. The molecule has 1 aliphatic heterocycles. The summed E-state index contributed by atoms with van der Waals surface area (Å²) in [4.78, 5) is 30.7. The minimum absolute atomic E-state index is 0.00292. The van der Waals surface area contributed by atoms with Crippen molar-refractivity contribution in [3.8, 4) is 11.6 Å². The Balaban J connectivity index is 1.80. The van der Waals surface area contributed by atoms with Crippen molar-refractivity contribution in [1.82, 2.24) is 14.9 Å². The summed E-state index contributed by atoms with van der Waals surface area (Å²) >= 11 is 0. The van der Waals surface area contributed by atoms with Gasteiger partial charge in [0.2, 0.25) is 5.88 Å². The van der Waals surface area contributed by atoms with Crippen LogP contribution in [0.4, 0.5) is 0 Å². The van der Waals surface area contributed by atoms with Gasteiger partial charge >= 0.3 is 0 Å². The zero-order valence-corrected chi connectivity index (χ0v) is 17.3. The summed E-state index contributed by atoms with van der Waals surface area (Å²) in [6.45, 7) is 4.44. The van der Waals surface area contributed by atoms with Crippen LogP contribution in [0.25, 0.3) is 10.8 Å². The molecule has 1 N–H and O–H groups in total. The van der Waals surface area contributed by atoms with Gasteiger partial charge in [0, 0.05) is 35.5 Å². The van der Waals surface area contributed by atoms with Gasteiger partial charge in [-0.05, 0) is 18.9 Å². The quantitative estimate of drug-likeness (QED) is 0.675. The van der Waals surface area contributed by atoms with Crippen LogP contribution in [0.5, 0.6) is 11.6 Å². The largest absolute Gasteiger partial charge is 0.491 e. The Labute approximate surface area is 174 Å². The summed E-state index contributed by atoms with van der Waals surface area (Å²) in [6.07, 6.45) is 4.76. The van der Waals surface area contributed by atoms with Gasteiger partial charge in [0.05, 0.1) is 24.1 Å². The number of carbonyl (C=O) groups is 1. The fourth-order valence-corrected chi connectivity index (χ4v) is 4.00. The number of aromatic nitrogens is 2. The highest BCUT2D eigenvalue weighted by Gasteiger charge is 2.27. The van der Waals surface area contributed by atoms with Crippen molar-refractivity contribution in [1.29, 1.82) is 0 Å². The fourth-order valence-electron chi connectivity index (χ4n) is 4.00. The van der Waals surface area contributed by atoms with Crippen molar-refractivity contribution in [2.45, 2.75) is 38.8 Å². The van der Waals surface area contributed by atoms with Gasteiger partial charge in [-0.25, -0.2) is 4.98 Å². The molecule has 4 rings (SSSR count). The molecule has 1 aliphatic rings. The third-order valence-corrected chi connectivity index (χ3v) is 5.70. The second-order valence-corrected chi connectivity index (χ2v) is 7.37. The molecule has 3 aromatic rings. The minimum atomic E-state index is -0.267. The number of methoxy groups -OCH3 is 1. The van der Waals surface area contributed by atoms with Crippen LogP contribution < -0.4 is 20.3 Å². The van der Waals surface area contributed by atoms with E-state index in [-0.39, 0.29) is 23.6 Å². The van der Waals surface area contributed by atoms with E-state index in [9.17, 15) is 9.59 Å². The van der Waals surface area contributed by atoms with E-state index in [1.807, 2.05) is 38.1 Å². The molecule has 0 fully saturated rings. The van der Waals surface area contributed by atoms with E-state index in [2.05, 4.69) is 10.3 Å². The lowest BCUT2D eigenvalue weighted by Crippen LogP contribution is -2.32. The van der Waals surface area contributed by atoms with Crippen LogP contribution in [0.15, 0.2) is 47.5 Å². The Morgan fingerprint density at radius 3 is 2.80 bits per heavy atom. The predicted molar refractivity (Wildman–Crippen MR) is 114 cm³/mol. The number of nitrogens with one attached hydrogen (secondary N) is 1. The highest BCUT2D eigenvalue weighted by Crippen LogP contribution is 2.32. The van der Waals surface area contributed by atoms with Gasteiger partial charge < -0.3 is 19.4 Å². The molecule has 0 spiro atoms. The number of hydrogen-bond acceptors (Lipinski definition) is 5. The summed E-state index contributed by atoms with van der Waals surface area (Å²) in [7, 11) is 1.50. The van der Waals surface area contributed by atoms with E-state index in [1.54, 1.807) is 16.8 Å². The Hall–Kier alpha value is -3.35. The van der Waals surface area contributed by atoms with E-state index in [0.29, 0.717) is 28.8 Å². The molecule has 2 aromatic heterocycles. The van der Waals surface area contributed by atoms with Gasteiger partial charge in [-0.15, -0.1) is 0 Å². The lowest BCUT2D eigenvalue weighted by atomic mass is 10.0. The van der Waals surface area contributed by atoms with Crippen molar-refractivity contribution in [2.75, 3.05) is 13.7 Å². The number of rotatable bonds is 6. The number of benzene rings is 1. The van der Waals surface area contributed by atoms with Crippen LogP contribution in [0, 0.1) is 0 Å². The number of ether oxygens (including phenoxy) is 2. The van der Waals surface area contributed by atoms with Crippen molar-refractivity contribution in [3.05, 3.63) is 64.2 Å². The second kappa shape index (κ2) is 8.18. The van der Waals surface area contributed by atoms with E-state index in [1.165, 1.54) is 13.3 Å². The van der Waals surface area contributed by atoms with Crippen LogP contribution in [0.1, 0.15) is 54.7 Å². The third kappa shape index (κ3) is 3.40. The summed E-state index contributed by atoms with van der Waals surface area (Å²) < 4.78 is 12.5. The summed E-state index contributed by atoms with van der Waals surface area (Å²) in [5.74, 6) is 0.851. The molecule has 3 heterocycles. The first kappa shape index (κ1) is 19.9. The average Bonchev–Trinajstić information content (AvgIpc) is 3.18. The molecule has 156 valence electrons. The molecule has 0 bridgehead atoms. The number of carbonyl (C=O) groups excluding carboxylic acids is 1. The predicted octanol–water partition coefficient (Wildman–Crippen LogP) is 3.63. The zero-order chi connectivity index (χ0) is 21.3. The Morgan fingerprint density at radius 2 is 2.07 bits per heavy atom. The van der Waals surface area contributed by atoms with Gasteiger partial charge in [0.25, 0.3) is 11.5 Å². The maximum Gasteiger partial charge on any atom is 0.258 e. The molecule has 7 heteroatoms. The summed E-state index contributed by atoms with van der Waals surface area (Å²) in [5, 5.41) is 3.98. The summed E-state index contributed by atoms with van der Waals surface area (Å²) in [6, 6.07) is 9.02. The fraction of sp³-hybridized carbons (Fsp3) is 0.348. The van der Waals surface area contributed by atoms with Crippen LogP contribution >= 0.6 is 0 Å². The molecule has 7 nitrogen and oxygen atoms in total. The summed E-state index contributed by atoms with van der Waals surface area (Å²) in [5.41, 5.74) is 1.21. The lowest BCUT2D eigenvalue weighted by Gasteiger charge is -2.20. The molecule has 0 radical (unpaired) electrons. The van der Waals surface area contributed by atoms with Crippen LogP contribution in [0.2, 0.25) is 0 Å². The van der Waals surface area contributed by atoms with Gasteiger partial charge in [-0.1, -0.05) is 32.0 Å². The Kier molecular flexibility index (Phi) is 5.44. The molecule has 0 saturated carbocycles. The van der Waals surface area contributed by atoms with Crippen molar-refractivity contribution in [3.63, 3.8) is 0 Å². The SMILES string of the molecule is CCC(CC)n1cc(C(=O)NC2COc3ccccc32)c2cnc(OC)cc2c1=O. The van der Waals surface area contributed by atoms with Crippen LogP contribution in [-0.4, -0.2) is 29.2 Å². The smallest absolute Gasteiger partial charge is 0.258 e. The third-order valence-electron chi connectivity index (χ3n) is 5.70. The number of hydrogen-bond donors (Lipinski definition) is 1. The zero-order valence-electron chi connectivity index (χ0n) is 17.3. The topological polar surface area (TPSA) is 82.5 Å². The van der Waals surface area contributed by atoms with Gasteiger partial charge in [0.15, 0.2) is 0 Å². The average molecular weight is 407 g/mol. The van der Waals surface area contributed by atoms with Crippen LogP contribution in [-0.2, 0) is 0 Å². The molecule has 1 unspecified atom stereocenters. The van der Waals surface area contributed by atoms with Gasteiger partial charge in [-0.2, -0.15) is 0 Å². The maximum atomic E-state index is 13.3. The molecule has 1 aromatic carbocycles. The Morgan fingerprint density at radius 1 is 1.30 bits per heavy atom. The molecule has 1 amide bonds. The van der Waals surface area contributed by atoms with E-state index >= 15 is 0 Å². The highest BCUT2D eigenvalue weighted by atomic mass is 16.5. The molecule has 0 aliphatic carbocycles. The monoisotopic (exact) mass is 407 g/mol. The van der Waals surface area contributed by atoms with Gasteiger partial charge in [0.1, 0.15) is 12.4 Å². The first-order valence-electron chi connectivity index (χ1n) is 10.2. The first-order valence-corrected chi connectivity index (χ1v) is 10.2. The number of para-hydroxylation sites is 1. The molecule has 1 atom stereocenters.